The number of hydrogen-bond donors (Lipinski definition) is 2. The van der Waals surface area contributed by atoms with Gasteiger partial charge in [-0.05, 0) is 25.1 Å². The molecule has 0 aromatic heterocycles. The molecule has 0 bridgehead atoms. The zero-order chi connectivity index (χ0) is 12.9. The lowest BCUT2D eigenvalue weighted by Crippen LogP contribution is -2.14. The van der Waals surface area contributed by atoms with Gasteiger partial charge in [0.05, 0.1) is 11.3 Å². The van der Waals surface area contributed by atoms with E-state index in [4.69, 9.17) is 5.11 Å². The smallest absolute Gasteiger partial charge is 0.232 e. The lowest BCUT2D eigenvalue weighted by atomic mass is 10.2. The third-order valence-electron chi connectivity index (χ3n) is 1.92. The van der Waals surface area contributed by atoms with Crippen LogP contribution < -0.4 is 4.72 Å². The summed E-state index contributed by atoms with van der Waals surface area (Å²) in [6.45, 7) is 1.11. The minimum Gasteiger partial charge on any atom is -0.384 e. The first kappa shape index (κ1) is 13.5. The Morgan fingerprint density at radius 1 is 1.47 bits per heavy atom. The van der Waals surface area contributed by atoms with E-state index in [0.29, 0.717) is 0 Å². The van der Waals surface area contributed by atoms with Crippen LogP contribution in [0.4, 0.5) is 10.1 Å². The first-order valence-electron chi connectivity index (χ1n) is 4.88. The number of benzene rings is 1. The van der Waals surface area contributed by atoms with E-state index in [0.717, 1.165) is 6.07 Å². The normalized spacial score (nSPS) is 10.5. The van der Waals surface area contributed by atoms with Gasteiger partial charge in [-0.15, -0.1) is 0 Å². The van der Waals surface area contributed by atoms with Gasteiger partial charge in [0.2, 0.25) is 10.0 Å². The van der Waals surface area contributed by atoms with Crippen LogP contribution in [0.15, 0.2) is 18.2 Å². The van der Waals surface area contributed by atoms with Crippen molar-refractivity contribution in [2.45, 2.75) is 6.92 Å². The summed E-state index contributed by atoms with van der Waals surface area (Å²) in [5.74, 6) is 4.06. The van der Waals surface area contributed by atoms with Crippen molar-refractivity contribution in [2.75, 3.05) is 17.1 Å². The van der Waals surface area contributed by atoms with Gasteiger partial charge < -0.3 is 5.11 Å². The molecule has 1 aromatic rings. The summed E-state index contributed by atoms with van der Waals surface area (Å²) >= 11 is 0. The van der Waals surface area contributed by atoms with Gasteiger partial charge in [0.1, 0.15) is 12.4 Å². The van der Waals surface area contributed by atoms with E-state index < -0.39 is 15.8 Å². The Morgan fingerprint density at radius 3 is 2.76 bits per heavy atom. The Morgan fingerprint density at radius 2 is 2.18 bits per heavy atom. The van der Waals surface area contributed by atoms with E-state index in [1.807, 2.05) is 0 Å². The third kappa shape index (κ3) is 4.06. The Kier molecular flexibility index (Phi) is 4.49. The second-order valence-electron chi connectivity index (χ2n) is 3.16. The zero-order valence-electron chi connectivity index (χ0n) is 9.20. The molecule has 0 saturated heterocycles. The predicted molar refractivity (Wildman–Crippen MR) is 63.4 cm³/mol. The Labute approximate surface area is 99.5 Å². The molecule has 1 rings (SSSR count). The number of hydrogen-bond acceptors (Lipinski definition) is 3. The van der Waals surface area contributed by atoms with E-state index in [2.05, 4.69) is 16.6 Å². The number of sulfonamides is 1. The molecule has 2 N–H and O–H groups in total. The average Bonchev–Trinajstić information content (AvgIpc) is 2.29. The number of halogens is 1. The highest BCUT2D eigenvalue weighted by Crippen LogP contribution is 2.15. The molecular weight excluding hydrogens is 245 g/mol. The number of aliphatic hydroxyl groups is 1. The molecule has 0 atom stereocenters. The van der Waals surface area contributed by atoms with Crippen LogP contribution in [0.5, 0.6) is 0 Å². The summed E-state index contributed by atoms with van der Waals surface area (Å²) in [5.41, 5.74) is 0.283. The fourth-order valence-corrected chi connectivity index (χ4v) is 1.70. The molecule has 0 amide bonds. The summed E-state index contributed by atoms with van der Waals surface area (Å²) in [7, 11) is -3.39. The minimum absolute atomic E-state index is 0.0374. The highest BCUT2D eigenvalue weighted by molar-refractivity contribution is 7.92. The topological polar surface area (TPSA) is 66.4 Å². The Hall–Kier alpha value is -1.58. The molecule has 1 aromatic carbocycles. The largest absolute Gasteiger partial charge is 0.384 e. The minimum atomic E-state index is -3.39. The number of rotatable bonds is 3. The van der Waals surface area contributed by atoms with Gasteiger partial charge in [0, 0.05) is 5.69 Å². The Bertz CT molecular complexity index is 558. The standard InChI is InChI=1S/C11H12FNO3S/c1-2-17(15,16)13-10-5-6-11(12)9(8-10)4-3-7-14/h5-6,8,13-14H,2,7H2,1H3. The summed E-state index contributed by atoms with van der Waals surface area (Å²) in [6.07, 6.45) is 0. The van der Waals surface area contributed by atoms with Crippen LogP contribution in [0.1, 0.15) is 12.5 Å². The molecule has 92 valence electrons. The lowest BCUT2D eigenvalue weighted by molar-refractivity contribution is 0.350. The second-order valence-corrected chi connectivity index (χ2v) is 5.17. The molecule has 0 aliphatic rings. The quantitative estimate of drug-likeness (QED) is 0.792. The molecule has 0 saturated carbocycles. The molecule has 0 heterocycles. The van der Waals surface area contributed by atoms with E-state index >= 15 is 0 Å². The second kappa shape index (κ2) is 5.66. The van der Waals surface area contributed by atoms with Gasteiger partial charge >= 0.3 is 0 Å². The molecule has 0 radical (unpaired) electrons. The van der Waals surface area contributed by atoms with E-state index in [1.165, 1.54) is 19.1 Å². The summed E-state index contributed by atoms with van der Waals surface area (Å²) in [6, 6.07) is 3.72. The Balaban J connectivity index is 3.05. The summed E-state index contributed by atoms with van der Waals surface area (Å²) < 4.78 is 38.1. The molecule has 0 spiro atoms. The molecule has 4 nitrogen and oxygen atoms in total. The van der Waals surface area contributed by atoms with Gasteiger partial charge in [-0.3, -0.25) is 4.72 Å². The van der Waals surface area contributed by atoms with Gasteiger partial charge in [-0.2, -0.15) is 0 Å². The molecule has 6 heteroatoms. The van der Waals surface area contributed by atoms with E-state index in [1.54, 1.807) is 0 Å². The molecule has 0 aliphatic heterocycles. The monoisotopic (exact) mass is 257 g/mol. The number of nitrogens with one attached hydrogen (secondary N) is 1. The average molecular weight is 257 g/mol. The van der Waals surface area contributed by atoms with Gasteiger partial charge in [-0.25, -0.2) is 12.8 Å². The first-order valence-corrected chi connectivity index (χ1v) is 6.53. The van der Waals surface area contributed by atoms with Crippen LogP contribution in [0.25, 0.3) is 0 Å². The summed E-state index contributed by atoms with van der Waals surface area (Å²) in [5, 5.41) is 8.50. The molecule has 0 fully saturated rings. The van der Waals surface area contributed by atoms with Crippen LogP contribution in [0.2, 0.25) is 0 Å². The van der Waals surface area contributed by atoms with Crippen molar-refractivity contribution in [3.8, 4) is 11.8 Å². The highest BCUT2D eigenvalue weighted by atomic mass is 32.2. The van der Waals surface area contributed by atoms with Crippen molar-refractivity contribution in [3.05, 3.63) is 29.6 Å². The van der Waals surface area contributed by atoms with Crippen molar-refractivity contribution in [1.82, 2.24) is 0 Å². The van der Waals surface area contributed by atoms with Crippen molar-refractivity contribution in [1.29, 1.82) is 0 Å². The van der Waals surface area contributed by atoms with Crippen LogP contribution in [-0.2, 0) is 10.0 Å². The summed E-state index contributed by atoms with van der Waals surface area (Å²) in [4.78, 5) is 0. The van der Waals surface area contributed by atoms with E-state index in [-0.39, 0.29) is 23.6 Å². The maximum atomic E-state index is 13.2. The van der Waals surface area contributed by atoms with Crippen molar-refractivity contribution in [2.24, 2.45) is 0 Å². The van der Waals surface area contributed by atoms with Crippen LogP contribution >= 0.6 is 0 Å². The third-order valence-corrected chi connectivity index (χ3v) is 3.23. The molecule has 0 unspecified atom stereocenters. The SMILES string of the molecule is CCS(=O)(=O)Nc1ccc(F)c(C#CCO)c1. The lowest BCUT2D eigenvalue weighted by Gasteiger charge is -2.06. The molecule has 17 heavy (non-hydrogen) atoms. The maximum Gasteiger partial charge on any atom is 0.232 e. The van der Waals surface area contributed by atoms with Gasteiger partial charge in [-0.1, -0.05) is 11.8 Å². The predicted octanol–water partition coefficient (Wildman–Crippen LogP) is 0.931. The molecule has 0 aliphatic carbocycles. The van der Waals surface area contributed by atoms with Gasteiger partial charge in [0.25, 0.3) is 0 Å². The number of anilines is 1. The van der Waals surface area contributed by atoms with Crippen molar-refractivity contribution < 1.29 is 17.9 Å². The van der Waals surface area contributed by atoms with Crippen molar-refractivity contribution in [3.63, 3.8) is 0 Å². The van der Waals surface area contributed by atoms with Crippen LogP contribution in [0, 0.1) is 17.7 Å². The molecular formula is C11H12FNO3S. The zero-order valence-corrected chi connectivity index (χ0v) is 10.0. The van der Waals surface area contributed by atoms with Crippen LogP contribution in [0.3, 0.4) is 0 Å². The fourth-order valence-electron chi connectivity index (χ4n) is 1.07. The highest BCUT2D eigenvalue weighted by Gasteiger charge is 2.08. The maximum absolute atomic E-state index is 13.2. The number of aliphatic hydroxyl groups excluding tert-OH is 1. The first-order chi connectivity index (χ1) is 7.98. The van der Waals surface area contributed by atoms with Crippen molar-refractivity contribution >= 4 is 15.7 Å². The fraction of sp³-hybridized carbons (Fsp3) is 0.273. The van der Waals surface area contributed by atoms with Crippen LogP contribution in [-0.4, -0.2) is 25.9 Å². The van der Waals surface area contributed by atoms with Gasteiger partial charge in [0.15, 0.2) is 0 Å². The van der Waals surface area contributed by atoms with E-state index in [9.17, 15) is 12.8 Å².